The first-order chi connectivity index (χ1) is 5.27. The Labute approximate surface area is 82.3 Å². The predicted octanol–water partition coefficient (Wildman–Crippen LogP) is 2.59. The number of aromatic nitrogens is 2. The van der Waals surface area contributed by atoms with E-state index in [1.807, 2.05) is 28.9 Å². The Morgan fingerprint density at radius 3 is 3.09 bits per heavy atom. The number of imidazole rings is 1. The van der Waals surface area contributed by atoms with Crippen LogP contribution in [0.2, 0.25) is 5.02 Å². The normalized spacial score (nSPS) is 10.7. The molecule has 11 heavy (non-hydrogen) atoms. The van der Waals surface area contributed by atoms with E-state index in [2.05, 4.69) is 27.6 Å². The number of hydrogen-bond acceptors (Lipinski definition) is 1. The molecule has 0 atom stereocenters. The summed E-state index contributed by atoms with van der Waals surface area (Å²) in [5.74, 6) is 0. The monoisotopic (exact) mass is 278 g/mol. The molecule has 0 saturated heterocycles. The second-order valence-corrected chi connectivity index (χ2v) is 3.70. The number of halogens is 2. The third kappa shape index (κ3) is 1.22. The standard InChI is InChI=1S/C7H4ClIN2/c8-5-1-2-7-10-3-6(9)11(7)4-5/h1-4H. The molecule has 0 aliphatic rings. The Kier molecular flexibility index (Phi) is 1.77. The highest BCUT2D eigenvalue weighted by Gasteiger charge is 1.98. The van der Waals surface area contributed by atoms with Gasteiger partial charge in [-0.2, -0.15) is 0 Å². The maximum absolute atomic E-state index is 5.80. The van der Waals surface area contributed by atoms with Crippen LogP contribution in [0.3, 0.4) is 0 Å². The quantitative estimate of drug-likeness (QED) is 0.677. The van der Waals surface area contributed by atoms with E-state index in [0.717, 1.165) is 14.4 Å². The molecule has 2 aromatic heterocycles. The molecule has 0 amide bonds. The number of rotatable bonds is 0. The summed E-state index contributed by atoms with van der Waals surface area (Å²) in [6.07, 6.45) is 3.66. The van der Waals surface area contributed by atoms with Gasteiger partial charge in [0, 0.05) is 6.20 Å². The highest BCUT2D eigenvalue weighted by atomic mass is 127. The van der Waals surface area contributed by atoms with Gasteiger partial charge in [-0.15, -0.1) is 0 Å². The fourth-order valence-corrected chi connectivity index (χ4v) is 1.61. The Bertz CT molecular complexity index is 396. The van der Waals surface area contributed by atoms with Crippen LogP contribution in [0.4, 0.5) is 0 Å². The summed E-state index contributed by atoms with van der Waals surface area (Å²) in [6, 6.07) is 3.73. The third-order valence-electron chi connectivity index (χ3n) is 1.42. The van der Waals surface area contributed by atoms with Gasteiger partial charge in [0.2, 0.25) is 0 Å². The second kappa shape index (κ2) is 2.64. The molecule has 0 aliphatic heterocycles. The summed E-state index contributed by atoms with van der Waals surface area (Å²) in [7, 11) is 0. The van der Waals surface area contributed by atoms with Crippen molar-refractivity contribution in [1.82, 2.24) is 9.38 Å². The van der Waals surface area contributed by atoms with Crippen LogP contribution >= 0.6 is 34.2 Å². The molecule has 0 unspecified atom stereocenters. The van der Waals surface area contributed by atoms with Gasteiger partial charge in [0.05, 0.1) is 11.2 Å². The Morgan fingerprint density at radius 1 is 1.45 bits per heavy atom. The molecule has 0 fully saturated rings. The van der Waals surface area contributed by atoms with Gasteiger partial charge in [-0.25, -0.2) is 4.98 Å². The zero-order valence-electron chi connectivity index (χ0n) is 5.46. The topological polar surface area (TPSA) is 17.3 Å². The third-order valence-corrected chi connectivity index (χ3v) is 2.45. The van der Waals surface area contributed by atoms with Gasteiger partial charge in [0.15, 0.2) is 0 Å². The molecule has 56 valence electrons. The molecule has 2 rings (SSSR count). The van der Waals surface area contributed by atoms with Crippen LogP contribution in [0, 0.1) is 3.70 Å². The van der Waals surface area contributed by atoms with Crippen molar-refractivity contribution in [2.75, 3.05) is 0 Å². The van der Waals surface area contributed by atoms with E-state index in [1.54, 1.807) is 0 Å². The zero-order valence-corrected chi connectivity index (χ0v) is 8.37. The highest BCUT2D eigenvalue weighted by molar-refractivity contribution is 14.1. The summed E-state index contributed by atoms with van der Waals surface area (Å²) in [6.45, 7) is 0. The largest absolute Gasteiger partial charge is 0.293 e. The molecule has 0 aliphatic carbocycles. The first kappa shape index (κ1) is 7.36. The molecule has 0 saturated carbocycles. The fraction of sp³-hybridized carbons (Fsp3) is 0. The Hall–Kier alpha value is -0.290. The summed E-state index contributed by atoms with van der Waals surface area (Å²) < 4.78 is 3.02. The van der Waals surface area contributed by atoms with E-state index in [9.17, 15) is 0 Å². The second-order valence-electron chi connectivity index (χ2n) is 2.16. The van der Waals surface area contributed by atoms with Crippen LogP contribution in [-0.4, -0.2) is 9.38 Å². The molecule has 0 radical (unpaired) electrons. The summed E-state index contributed by atoms with van der Waals surface area (Å²) in [4.78, 5) is 4.16. The molecular formula is C7H4ClIN2. The van der Waals surface area contributed by atoms with Crippen LogP contribution in [0.15, 0.2) is 24.5 Å². The van der Waals surface area contributed by atoms with Gasteiger partial charge in [0.1, 0.15) is 9.35 Å². The fourth-order valence-electron chi connectivity index (χ4n) is 0.925. The molecule has 0 bridgehead atoms. The number of pyridine rings is 1. The summed E-state index contributed by atoms with van der Waals surface area (Å²) in [5.41, 5.74) is 0.929. The molecule has 0 spiro atoms. The van der Waals surface area contributed by atoms with Crippen LogP contribution in [0.1, 0.15) is 0 Å². The molecule has 2 aromatic rings. The van der Waals surface area contributed by atoms with Crippen LogP contribution in [0.5, 0.6) is 0 Å². The van der Waals surface area contributed by atoms with Crippen LogP contribution in [-0.2, 0) is 0 Å². The van der Waals surface area contributed by atoms with E-state index >= 15 is 0 Å². The van der Waals surface area contributed by atoms with E-state index in [1.165, 1.54) is 0 Å². The highest BCUT2D eigenvalue weighted by Crippen LogP contribution is 2.13. The Balaban J connectivity index is 2.87. The molecular weight excluding hydrogens is 274 g/mol. The van der Waals surface area contributed by atoms with Crippen molar-refractivity contribution in [2.45, 2.75) is 0 Å². The predicted molar refractivity (Wildman–Crippen MR) is 52.9 cm³/mol. The van der Waals surface area contributed by atoms with Crippen LogP contribution in [0.25, 0.3) is 5.65 Å². The summed E-state index contributed by atoms with van der Waals surface area (Å²) in [5, 5.41) is 0.730. The van der Waals surface area contributed by atoms with E-state index in [4.69, 9.17) is 11.6 Å². The Morgan fingerprint density at radius 2 is 2.27 bits per heavy atom. The van der Waals surface area contributed by atoms with E-state index in [0.29, 0.717) is 0 Å². The van der Waals surface area contributed by atoms with Crippen molar-refractivity contribution < 1.29 is 0 Å². The maximum Gasteiger partial charge on any atom is 0.137 e. The van der Waals surface area contributed by atoms with E-state index in [-0.39, 0.29) is 0 Å². The molecule has 2 nitrogen and oxygen atoms in total. The van der Waals surface area contributed by atoms with Crippen molar-refractivity contribution in [1.29, 1.82) is 0 Å². The first-order valence-corrected chi connectivity index (χ1v) is 4.51. The minimum atomic E-state index is 0.730. The van der Waals surface area contributed by atoms with Gasteiger partial charge < -0.3 is 0 Å². The number of fused-ring (bicyclic) bond motifs is 1. The van der Waals surface area contributed by atoms with Gasteiger partial charge in [-0.1, -0.05) is 11.6 Å². The molecule has 4 heteroatoms. The lowest BCUT2D eigenvalue weighted by Gasteiger charge is -1.94. The average Bonchev–Trinajstić information content (AvgIpc) is 2.33. The van der Waals surface area contributed by atoms with Crippen molar-refractivity contribution in [3.63, 3.8) is 0 Å². The van der Waals surface area contributed by atoms with Crippen LogP contribution < -0.4 is 0 Å². The van der Waals surface area contributed by atoms with Crippen molar-refractivity contribution >= 4 is 39.8 Å². The maximum atomic E-state index is 5.80. The zero-order chi connectivity index (χ0) is 7.84. The van der Waals surface area contributed by atoms with Gasteiger partial charge >= 0.3 is 0 Å². The summed E-state index contributed by atoms with van der Waals surface area (Å²) >= 11 is 8.01. The van der Waals surface area contributed by atoms with Crippen molar-refractivity contribution in [3.8, 4) is 0 Å². The van der Waals surface area contributed by atoms with Crippen molar-refractivity contribution in [3.05, 3.63) is 33.2 Å². The van der Waals surface area contributed by atoms with Crippen molar-refractivity contribution in [2.24, 2.45) is 0 Å². The average molecular weight is 278 g/mol. The number of nitrogens with zero attached hydrogens (tertiary/aromatic N) is 2. The van der Waals surface area contributed by atoms with Gasteiger partial charge in [-0.05, 0) is 34.7 Å². The minimum absolute atomic E-state index is 0.730. The molecule has 2 heterocycles. The molecule has 0 N–H and O–H groups in total. The molecule has 0 aromatic carbocycles. The first-order valence-electron chi connectivity index (χ1n) is 3.05. The SMILES string of the molecule is Clc1ccc2ncc(I)n2c1. The smallest absolute Gasteiger partial charge is 0.137 e. The lowest BCUT2D eigenvalue weighted by atomic mass is 10.5. The van der Waals surface area contributed by atoms with E-state index < -0.39 is 0 Å². The lowest BCUT2D eigenvalue weighted by Crippen LogP contribution is -1.84. The lowest BCUT2D eigenvalue weighted by molar-refractivity contribution is 1.15. The van der Waals surface area contributed by atoms with Gasteiger partial charge in [0.25, 0.3) is 0 Å². The van der Waals surface area contributed by atoms with Gasteiger partial charge in [-0.3, -0.25) is 4.40 Å². The number of hydrogen-bond donors (Lipinski definition) is 0. The minimum Gasteiger partial charge on any atom is -0.293 e.